The molecular weight excluding hydrogens is 306 g/mol. The first-order valence-corrected chi connectivity index (χ1v) is 7.92. The molecule has 1 aliphatic carbocycles. The Morgan fingerprint density at radius 2 is 2.21 bits per heavy atom. The van der Waals surface area contributed by atoms with Crippen molar-refractivity contribution in [2.24, 2.45) is 7.05 Å². The van der Waals surface area contributed by atoms with Gasteiger partial charge in [0.1, 0.15) is 0 Å². The van der Waals surface area contributed by atoms with E-state index in [2.05, 4.69) is 20.6 Å². The van der Waals surface area contributed by atoms with E-state index in [1.165, 1.54) is 4.68 Å². The smallest absolute Gasteiger partial charge is 0.272 e. The van der Waals surface area contributed by atoms with Crippen LogP contribution in [-0.4, -0.2) is 31.9 Å². The summed E-state index contributed by atoms with van der Waals surface area (Å²) in [6.07, 6.45) is 2.16. The van der Waals surface area contributed by atoms with Crippen LogP contribution in [0.2, 0.25) is 0 Å². The van der Waals surface area contributed by atoms with Crippen LogP contribution in [0.1, 0.15) is 28.2 Å². The minimum absolute atomic E-state index is 0.0191. The maximum absolute atomic E-state index is 12.5. The fourth-order valence-electron chi connectivity index (χ4n) is 3.20. The molecule has 2 N–H and O–H groups in total. The van der Waals surface area contributed by atoms with E-state index in [-0.39, 0.29) is 17.5 Å². The van der Waals surface area contributed by atoms with Gasteiger partial charge < -0.3 is 5.32 Å². The van der Waals surface area contributed by atoms with Gasteiger partial charge in [0.15, 0.2) is 5.69 Å². The predicted octanol–water partition coefficient (Wildman–Crippen LogP) is 0.944. The lowest BCUT2D eigenvalue weighted by atomic mass is 9.92. The number of carbonyl (C=O) groups is 1. The molecule has 122 valence electrons. The Hall–Kier alpha value is -2.96. The lowest BCUT2D eigenvalue weighted by molar-refractivity contribution is 0.0930. The molecule has 4 rings (SSSR count). The number of nitrogens with one attached hydrogen (secondary N) is 2. The first kappa shape index (κ1) is 14.6. The van der Waals surface area contributed by atoms with Gasteiger partial charge in [-0.05, 0) is 30.9 Å². The molecule has 2 aromatic heterocycles. The number of rotatable bonds is 2. The van der Waals surface area contributed by atoms with Crippen LogP contribution in [0.4, 0.5) is 0 Å². The van der Waals surface area contributed by atoms with E-state index in [1.54, 1.807) is 13.1 Å². The van der Waals surface area contributed by atoms with Gasteiger partial charge in [0.05, 0.1) is 11.2 Å². The molecule has 1 atom stereocenters. The molecule has 0 bridgehead atoms. The van der Waals surface area contributed by atoms with Gasteiger partial charge in [0.25, 0.3) is 11.5 Å². The van der Waals surface area contributed by atoms with Crippen molar-refractivity contribution < 1.29 is 4.79 Å². The summed E-state index contributed by atoms with van der Waals surface area (Å²) < 4.78 is 1.35. The lowest BCUT2D eigenvalue weighted by Crippen LogP contribution is -2.40. The Balaban J connectivity index is 1.55. The second-order valence-electron chi connectivity index (χ2n) is 6.11. The van der Waals surface area contributed by atoms with Crippen LogP contribution in [0.5, 0.6) is 0 Å². The molecule has 0 fully saturated rings. The summed E-state index contributed by atoms with van der Waals surface area (Å²) in [5, 5.41) is 15.1. The van der Waals surface area contributed by atoms with Crippen molar-refractivity contribution in [1.29, 1.82) is 0 Å². The molecule has 2 heterocycles. The van der Waals surface area contributed by atoms with Crippen LogP contribution in [0.25, 0.3) is 10.9 Å². The number of para-hydroxylation sites is 1. The first-order valence-electron chi connectivity index (χ1n) is 7.92. The second kappa shape index (κ2) is 5.59. The van der Waals surface area contributed by atoms with Gasteiger partial charge in [-0.25, -0.2) is 4.68 Å². The van der Waals surface area contributed by atoms with Gasteiger partial charge in [0, 0.05) is 24.5 Å². The number of aromatic nitrogens is 4. The third-order valence-corrected chi connectivity index (χ3v) is 4.47. The van der Waals surface area contributed by atoms with Gasteiger partial charge in [-0.2, -0.15) is 10.2 Å². The molecular formula is C17H17N5O2. The highest BCUT2D eigenvalue weighted by Gasteiger charge is 2.24. The van der Waals surface area contributed by atoms with E-state index in [0.29, 0.717) is 12.1 Å². The average molecular weight is 323 g/mol. The van der Waals surface area contributed by atoms with Crippen LogP contribution >= 0.6 is 0 Å². The summed E-state index contributed by atoms with van der Waals surface area (Å²) in [7, 11) is 1.65. The standard InChI is InChI=1S/C17H17N5O2/c1-22-15(23)9-10-8-11(6-7-13(10)21-22)18-17(24)16-12-4-2-3-5-14(12)19-20-16/h2-5,9,11H,6-8H2,1H3,(H,18,24)(H,19,20)/t11-/m1/s1. The van der Waals surface area contributed by atoms with Gasteiger partial charge in [-0.15, -0.1) is 0 Å². The predicted molar refractivity (Wildman–Crippen MR) is 88.9 cm³/mol. The van der Waals surface area contributed by atoms with Crippen LogP contribution in [-0.2, 0) is 19.9 Å². The topological polar surface area (TPSA) is 92.7 Å². The molecule has 7 nitrogen and oxygen atoms in total. The summed E-state index contributed by atoms with van der Waals surface area (Å²) >= 11 is 0. The molecule has 7 heteroatoms. The monoisotopic (exact) mass is 323 g/mol. The molecule has 0 spiro atoms. The zero-order valence-corrected chi connectivity index (χ0v) is 13.2. The number of aryl methyl sites for hydroxylation is 2. The van der Waals surface area contributed by atoms with Gasteiger partial charge in [-0.1, -0.05) is 18.2 Å². The van der Waals surface area contributed by atoms with Gasteiger partial charge >= 0.3 is 0 Å². The number of hydrogen-bond donors (Lipinski definition) is 2. The van der Waals surface area contributed by atoms with Crippen molar-refractivity contribution in [3.05, 3.63) is 57.6 Å². The average Bonchev–Trinajstić information content (AvgIpc) is 3.00. The molecule has 1 aliphatic rings. The fourth-order valence-corrected chi connectivity index (χ4v) is 3.20. The quantitative estimate of drug-likeness (QED) is 0.734. The summed E-state index contributed by atoms with van der Waals surface area (Å²) in [6.45, 7) is 0. The number of nitrogens with zero attached hydrogens (tertiary/aromatic N) is 3. The number of hydrogen-bond acceptors (Lipinski definition) is 4. The van der Waals surface area contributed by atoms with Crippen molar-refractivity contribution in [2.75, 3.05) is 0 Å². The highest BCUT2D eigenvalue weighted by Crippen LogP contribution is 2.19. The Bertz CT molecular complexity index is 988. The van der Waals surface area contributed by atoms with Crippen LogP contribution in [0.15, 0.2) is 35.1 Å². The molecule has 1 aromatic carbocycles. The maximum Gasteiger partial charge on any atom is 0.272 e. The number of amides is 1. The summed E-state index contributed by atoms with van der Waals surface area (Å²) in [5.41, 5.74) is 2.97. The number of fused-ring (bicyclic) bond motifs is 2. The highest BCUT2D eigenvalue weighted by atomic mass is 16.2. The van der Waals surface area contributed by atoms with Crippen molar-refractivity contribution in [3.63, 3.8) is 0 Å². The van der Waals surface area contributed by atoms with E-state index in [4.69, 9.17) is 0 Å². The first-order chi connectivity index (χ1) is 11.6. The number of aromatic amines is 1. The number of H-pyrrole nitrogens is 1. The maximum atomic E-state index is 12.5. The molecule has 3 aromatic rings. The van der Waals surface area contributed by atoms with E-state index >= 15 is 0 Å². The zero-order chi connectivity index (χ0) is 16.7. The SMILES string of the molecule is Cn1nc2c(cc1=O)C[C@H](NC(=O)c1n[nH]c3ccccc13)CC2. The molecule has 24 heavy (non-hydrogen) atoms. The minimum atomic E-state index is -0.197. The van der Waals surface area contributed by atoms with Gasteiger partial charge in [-0.3, -0.25) is 14.7 Å². The van der Waals surface area contributed by atoms with Crippen LogP contribution < -0.4 is 10.9 Å². The summed E-state index contributed by atoms with van der Waals surface area (Å²) in [5.74, 6) is -0.197. The molecule has 0 radical (unpaired) electrons. The number of benzene rings is 1. The molecule has 0 aliphatic heterocycles. The van der Waals surface area contributed by atoms with E-state index in [9.17, 15) is 9.59 Å². The molecule has 1 amide bonds. The largest absolute Gasteiger partial charge is 0.348 e. The lowest BCUT2D eigenvalue weighted by Gasteiger charge is -2.24. The van der Waals surface area contributed by atoms with Crippen molar-refractivity contribution >= 4 is 16.8 Å². The van der Waals surface area contributed by atoms with Crippen molar-refractivity contribution in [2.45, 2.75) is 25.3 Å². The second-order valence-corrected chi connectivity index (χ2v) is 6.11. The van der Waals surface area contributed by atoms with Crippen molar-refractivity contribution in [1.82, 2.24) is 25.3 Å². The third-order valence-electron chi connectivity index (χ3n) is 4.47. The zero-order valence-electron chi connectivity index (χ0n) is 13.2. The van der Waals surface area contributed by atoms with Crippen LogP contribution in [0, 0.1) is 0 Å². The fraction of sp³-hybridized carbons (Fsp3) is 0.294. The number of carbonyl (C=O) groups excluding carboxylic acids is 1. The normalized spacial score (nSPS) is 16.8. The third kappa shape index (κ3) is 2.47. The summed E-state index contributed by atoms with van der Waals surface area (Å²) in [4.78, 5) is 24.3. The molecule has 0 saturated heterocycles. The molecule has 0 unspecified atom stereocenters. The highest BCUT2D eigenvalue weighted by molar-refractivity contribution is 6.04. The van der Waals surface area contributed by atoms with E-state index in [0.717, 1.165) is 35.0 Å². The summed E-state index contributed by atoms with van der Waals surface area (Å²) in [6, 6.07) is 9.13. The Morgan fingerprint density at radius 1 is 1.38 bits per heavy atom. The van der Waals surface area contributed by atoms with E-state index in [1.807, 2.05) is 24.3 Å². The Morgan fingerprint density at radius 3 is 3.08 bits per heavy atom. The van der Waals surface area contributed by atoms with E-state index < -0.39 is 0 Å². The Labute approximate surface area is 137 Å². The molecule has 0 saturated carbocycles. The minimum Gasteiger partial charge on any atom is -0.348 e. The van der Waals surface area contributed by atoms with Gasteiger partial charge in [0.2, 0.25) is 0 Å². The van der Waals surface area contributed by atoms with Crippen LogP contribution in [0.3, 0.4) is 0 Å². The van der Waals surface area contributed by atoms with Crippen molar-refractivity contribution in [3.8, 4) is 0 Å². The Kier molecular flexibility index (Phi) is 3.41.